The Bertz CT molecular complexity index is 807. The van der Waals surface area contributed by atoms with E-state index in [2.05, 4.69) is 81.4 Å². The third-order valence-corrected chi connectivity index (χ3v) is 11.2. The fourth-order valence-electron chi connectivity index (χ4n) is 4.76. The second-order valence-electron chi connectivity index (χ2n) is 9.19. The Morgan fingerprint density at radius 1 is 1.00 bits per heavy atom. The van der Waals surface area contributed by atoms with E-state index >= 15 is 0 Å². The highest BCUT2D eigenvalue weighted by atomic mass is 28.4. The van der Waals surface area contributed by atoms with Crippen molar-refractivity contribution in [1.29, 1.82) is 0 Å². The van der Waals surface area contributed by atoms with Crippen LogP contribution in [-0.4, -0.2) is 33.3 Å². The first-order chi connectivity index (χ1) is 13.8. The van der Waals surface area contributed by atoms with Gasteiger partial charge >= 0.3 is 5.97 Å². The Kier molecular flexibility index (Phi) is 5.40. The van der Waals surface area contributed by atoms with Crippen molar-refractivity contribution in [2.24, 2.45) is 11.8 Å². The minimum Gasteiger partial charge on any atom is -0.436 e. The van der Waals surface area contributed by atoms with Crippen molar-refractivity contribution in [3.8, 4) is 0 Å². The lowest BCUT2D eigenvalue weighted by atomic mass is 10.2. The maximum atomic E-state index is 11.4. The molecule has 1 heterocycles. The molecule has 0 spiro atoms. The third kappa shape index (κ3) is 3.79. The summed E-state index contributed by atoms with van der Waals surface area (Å²) in [7, 11) is -2.57. The summed E-state index contributed by atoms with van der Waals surface area (Å²) in [5, 5.41) is 2.47. The predicted octanol–water partition coefficient (Wildman–Crippen LogP) is 3.49. The van der Waals surface area contributed by atoms with E-state index in [9.17, 15) is 4.79 Å². The second-order valence-corrected chi connectivity index (χ2v) is 13.5. The van der Waals surface area contributed by atoms with Crippen LogP contribution in [0, 0.1) is 11.8 Å². The normalized spacial score (nSPS) is 26.1. The number of benzene rings is 2. The van der Waals surface area contributed by atoms with Crippen LogP contribution in [0.5, 0.6) is 0 Å². The molecule has 1 unspecified atom stereocenters. The number of ether oxygens (including phenoxy) is 2. The molecule has 2 aromatic rings. The van der Waals surface area contributed by atoms with Crippen LogP contribution >= 0.6 is 0 Å². The number of fused-ring (bicyclic) bond motifs is 1. The van der Waals surface area contributed by atoms with Gasteiger partial charge in [0.25, 0.3) is 8.32 Å². The molecular weight excluding hydrogens is 380 g/mol. The molecule has 2 fully saturated rings. The zero-order valence-corrected chi connectivity index (χ0v) is 18.6. The molecule has 0 bridgehead atoms. The molecule has 5 heteroatoms. The summed E-state index contributed by atoms with van der Waals surface area (Å²) >= 11 is 0. The highest BCUT2D eigenvalue weighted by molar-refractivity contribution is 6.99. The fourth-order valence-corrected chi connectivity index (χ4v) is 9.33. The van der Waals surface area contributed by atoms with Crippen LogP contribution < -0.4 is 10.4 Å². The number of hydrogen-bond donors (Lipinski definition) is 0. The molecule has 1 aliphatic heterocycles. The maximum Gasteiger partial charge on any atom is 0.304 e. The molecule has 4 rings (SSSR count). The third-order valence-electron chi connectivity index (χ3n) is 6.19. The van der Waals surface area contributed by atoms with E-state index in [1.807, 2.05) is 0 Å². The molecule has 1 saturated carbocycles. The second kappa shape index (κ2) is 7.71. The Balaban J connectivity index is 1.64. The van der Waals surface area contributed by atoms with E-state index in [4.69, 9.17) is 13.9 Å². The summed E-state index contributed by atoms with van der Waals surface area (Å²) in [6.45, 7) is 8.78. The van der Waals surface area contributed by atoms with Gasteiger partial charge in [-0.3, -0.25) is 4.79 Å². The van der Waals surface area contributed by atoms with Gasteiger partial charge in [0, 0.05) is 12.8 Å². The summed E-state index contributed by atoms with van der Waals surface area (Å²) in [6.07, 6.45) is 0.614. The largest absolute Gasteiger partial charge is 0.436 e. The van der Waals surface area contributed by atoms with Crippen LogP contribution in [0.3, 0.4) is 0 Å². The van der Waals surface area contributed by atoms with Crippen molar-refractivity contribution in [2.45, 2.75) is 51.5 Å². The summed E-state index contributed by atoms with van der Waals surface area (Å²) in [4.78, 5) is 11.4. The molecule has 0 N–H and O–H groups in total. The molecule has 154 valence electrons. The number of rotatable bonds is 6. The van der Waals surface area contributed by atoms with Crippen LogP contribution in [0.2, 0.25) is 5.04 Å². The molecule has 0 radical (unpaired) electrons. The Morgan fingerprint density at radius 3 is 2.03 bits per heavy atom. The highest BCUT2D eigenvalue weighted by Crippen LogP contribution is 2.53. The lowest BCUT2D eigenvalue weighted by Crippen LogP contribution is -2.67. The van der Waals surface area contributed by atoms with E-state index < -0.39 is 14.6 Å². The van der Waals surface area contributed by atoms with E-state index in [0.717, 1.165) is 6.42 Å². The van der Waals surface area contributed by atoms with Crippen molar-refractivity contribution < 1.29 is 18.7 Å². The van der Waals surface area contributed by atoms with Gasteiger partial charge in [-0.05, 0) is 27.8 Å². The zero-order valence-electron chi connectivity index (χ0n) is 17.6. The first-order valence-electron chi connectivity index (χ1n) is 10.4. The number of hydrogen-bond acceptors (Lipinski definition) is 4. The predicted molar refractivity (Wildman–Crippen MR) is 116 cm³/mol. The molecule has 4 nitrogen and oxygen atoms in total. The first-order valence-corrected chi connectivity index (χ1v) is 12.3. The Morgan fingerprint density at radius 2 is 1.55 bits per heavy atom. The van der Waals surface area contributed by atoms with Gasteiger partial charge in [0.15, 0.2) is 0 Å². The van der Waals surface area contributed by atoms with Gasteiger partial charge in [-0.25, -0.2) is 0 Å². The molecule has 29 heavy (non-hydrogen) atoms. The first kappa shape index (κ1) is 20.3. The maximum absolute atomic E-state index is 11.4. The zero-order chi connectivity index (χ0) is 20.6. The summed E-state index contributed by atoms with van der Waals surface area (Å²) in [5.74, 6) is 0.471. The highest BCUT2D eigenvalue weighted by Gasteiger charge is 2.59. The van der Waals surface area contributed by atoms with E-state index in [-0.39, 0.29) is 17.1 Å². The van der Waals surface area contributed by atoms with Gasteiger partial charge < -0.3 is 13.9 Å². The topological polar surface area (TPSA) is 44.8 Å². The van der Waals surface area contributed by atoms with Crippen molar-refractivity contribution in [1.82, 2.24) is 0 Å². The summed E-state index contributed by atoms with van der Waals surface area (Å²) < 4.78 is 18.4. The quantitative estimate of drug-likeness (QED) is 0.540. The molecular formula is C24H30O4Si. The molecule has 0 amide bonds. The van der Waals surface area contributed by atoms with Crippen LogP contribution in [0.15, 0.2) is 60.7 Å². The van der Waals surface area contributed by atoms with Crippen LogP contribution in [0.1, 0.15) is 34.1 Å². The van der Waals surface area contributed by atoms with Gasteiger partial charge in [-0.15, -0.1) is 0 Å². The van der Waals surface area contributed by atoms with Gasteiger partial charge in [-0.2, -0.15) is 0 Å². The average Bonchev–Trinajstić information content (AvgIpc) is 3.41. The van der Waals surface area contributed by atoms with E-state index in [1.54, 1.807) is 0 Å². The van der Waals surface area contributed by atoms with Crippen molar-refractivity contribution in [2.75, 3.05) is 6.61 Å². The average molecular weight is 411 g/mol. The minimum absolute atomic E-state index is 0.0222. The molecule has 1 aliphatic carbocycles. The molecule has 4 atom stereocenters. The van der Waals surface area contributed by atoms with Crippen LogP contribution in [-0.2, 0) is 18.7 Å². The standard InChI is InChI=1S/C24H30O4Si/c1-17(25)27-23-21-15-20(21)22(28-23)16-26-29(24(2,3)4,18-11-7-5-8-12-18)19-13-9-6-10-14-19/h5-14,20-23H,15-16H2,1-4H3/t20-,21+,22-,23?/m1/s1. The van der Waals surface area contributed by atoms with Crippen molar-refractivity contribution in [3.63, 3.8) is 0 Å². The smallest absolute Gasteiger partial charge is 0.304 e. The molecule has 2 aliphatic rings. The van der Waals surface area contributed by atoms with E-state index in [0.29, 0.717) is 18.4 Å². The van der Waals surface area contributed by atoms with Gasteiger partial charge in [-0.1, -0.05) is 81.4 Å². The minimum atomic E-state index is -2.57. The van der Waals surface area contributed by atoms with Crippen LogP contribution in [0.25, 0.3) is 0 Å². The van der Waals surface area contributed by atoms with Gasteiger partial charge in [0.2, 0.25) is 6.29 Å². The lowest BCUT2D eigenvalue weighted by Gasteiger charge is -2.43. The molecule has 0 aromatic heterocycles. The fraction of sp³-hybridized carbons (Fsp3) is 0.458. The number of carbonyl (C=O) groups is 1. The van der Waals surface area contributed by atoms with Crippen LogP contribution in [0.4, 0.5) is 0 Å². The van der Waals surface area contributed by atoms with Crippen molar-refractivity contribution in [3.05, 3.63) is 60.7 Å². The van der Waals surface area contributed by atoms with Gasteiger partial charge in [0.05, 0.1) is 12.7 Å². The summed E-state index contributed by atoms with van der Waals surface area (Å²) in [5.41, 5.74) is 0. The monoisotopic (exact) mass is 410 g/mol. The summed E-state index contributed by atoms with van der Waals surface area (Å²) in [6, 6.07) is 21.3. The molecule has 2 aromatic carbocycles. The van der Waals surface area contributed by atoms with Crippen molar-refractivity contribution >= 4 is 24.7 Å². The Hall–Kier alpha value is -1.95. The Labute approximate surface area is 174 Å². The SMILES string of the molecule is CC(=O)OC1O[C@H](CO[Si](c2ccccc2)(c2ccccc2)C(C)(C)C)[C@@H]2C[C@H]12. The lowest BCUT2D eigenvalue weighted by molar-refractivity contribution is -0.182. The van der Waals surface area contributed by atoms with Gasteiger partial charge in [0.1, 0.15) is 0 Å². The van der Waals surface area contributed by atoms with E-state index in [1.165, 1.54) is 17.3 Å². The number of carbonyl (C=O) groups excluding carboxylic acids is 1. The molecule has 1 saturated heterocycles. The number of esters is 1.